The highest BCUT2D eigenvalue weighted by atomic mass is 35.5. The number of likely N-dealkylation sites (tertiary alicyclic amines) is 1. The summed E-state index contributed by atoms with van der Waals surface area (Å²) >= 11 is 5.93. The maximum Gasteiger partial charge on any atom is 0.307 e. The Hall–Kier alpha value is -2.67. The van der Waals surface area contributed by atoms with E-state index >= 15 is 0 Å². The number of imidazole rings is 1. The number of carbonyl (C=O) groups excluding carboxylic acids is 3. The molecule has 3 heterocycles. The lowest BCUT2D eigenvalue weighted by atomic mass is 9.85. The van der Waals surface area contributed by atoms with Crippen molar-refractivity contribution in [2.75, 3.05) is 6.54 Å². The minimum atomic E-state index is -0.473. The second-order valence-corrected chi connectivity index (χ2v) is 7.18. The first kappa shape index (κ1) is 17.7. The number of aromatic nitrogens is 2. The maximum absolute atomic E-state index is 12.4. The minimum Gasteiger partial charge on any atom is -0.459 e. The van der Waals surface area contributed by atoms with Gasteiger partial charge >= 0.3 is 5.97 Å². The Morgan fingerprint density at radius 3 is 2.56 bits per heavy atom. The van der Waals surface area contributed by atoms with Gasteiger partial charge in [0.15, 0.2) is 0 Å². The van der Waals surface area contributed by atoms with E-state index in [0.29, 0.717) is 29.2 Å². The first-order valence-corrected chi connectivity index (χ1v) is 9.19. The minimum absolute atomic E-state index is 0.0230. The van der Waals surface area contributed by atoms with Crippen LogP contribution in [0.5, 0.6) is 0 Å². The van der Waals surface area contributed by atoms with Crippen LogP contribution < -0.4 is 0 Å². The van der Waals surface area contributed by atoms with Crippen LogP contribution in [0.4, 0.5) is 0 Å². The molecule has 2 atom stereocenters. The summed E-state index contributed by atoms with van der Waals surface area (Å²) < 4.78 is 6.98. The fourth-order valence-corrected chi connectivity index (χ4v) is 3.77. The number of rotatable bonds is 5. The van der Waals surface area contributed by atoms with E-state index in [4.69, 9.17) is 16.3 Å². The number of amides is 2. The predicted molar refractivity (Wildman–Crippen MR) is 96.7 cm³/mol. The molecule has 0 bridgehead atoms. The second kappa shape index (κ2) is 7.15. The van der Waals surface area contributed by atoms with Crippen LogP contribution in [0.25, 0.3) is 5.65 Å². The van der Waals surface area contributed by atoms with Gasteiger partial charge in [-0.3, -0.25) is 19.3 Å². The number of ether oxygens (including phenoxy) is 1. The molecule has 2 amide bonds. The van der Waals surface area contributed by atoms with Crippen molar-refractivity contribution in [1.82, 2.24) is 14.3 Å². The number of imide groups is 1. The van der Waals surface area contributed by atoms with Crippen molar-refractivity contribution in [3.63, 3.8) is 0 Å². The summed E-state index contributed by atoms with van der Waals surface area (Å²) in [4.78, 5) is 42.3. The summed E-state index contributed by atoms with van der Waals surface area (Å²) in [5, 5.41) is 0.583. The van der Waals surface area contributed by atoms with Crippen LogP contribution in [0, 0.1) is 11.8 Å². The fraction of sp³-hybridized carbons (Fsp3) is 0.368. The molecule has 1 saturated heterocycles. The van der Waals surface area contributed by atoms with Crippen molar-refractivity contribution in [2.45, 2.75) is 25.9 Å². The normalized spacial score (nSPS) is 21.7. The van der Waals surface area contributed by atoms with E-state index in [9.17, 15) is 14.4 Å². The summed E-state index contributed by atoms with van der Waals surface area (Å²) in [5.41, 5.74) is 1.30. The second-order valence-electron chi connectivity index (χ2n) is 6.74. The Kier molecular flexibility index (Phi) is 4.70. The van der Waals surface area contributed by atoms with Gasteiger partial charge in [-0.25, -0.2) is 4.98 Å². The average molecular weight is 388 g/mol. The van der Waals surface area contributed by atoms with E-state index in [1.54, 1.807) is 28.9 Å². The van der Waals surface area contributed by atoms with Gasteiger partial charge in [0.25, 0.3) is 0 Å². The zero-order valence-electron chi connectivity index (χ0n) is 14.5. The Labute approximate surface area is 160 Å². The molecule has 27 heavy (non-hydrogen) atoms. The standard InChI is InChI=1S/C19H18ClN3O4/c20-12-5-6-16-21-13(10-22(16)9-12)11-27-17(24)7-8-23-18(25)14-3-1-2-4-15(14)19(23)26/h1-2,5-6,9-10,14-15H,3-4,7-8,11H2/t14-,15+. The quantitative estimate of drug-likeness (QED) is 0.447. The number of carbonyl (C=O) groups is 3. The molecular formula is C19H18ClN3O4. The molecule has 8 heteroatoms. The SMILES string of the molecule is O=C(CCN1C(=O)[C@H]2CC=CC[C@H]2C1=O)OCc1cn2cc(Cl)ccc2n1. The molecule has 2 aromatic rings. The van der Waals surface area contributed by atoms with Gasteiger partial charge in [-0.15, -0.1) is 0 Å². The molecule has 7 nitrogen and oxygen atoms in total. The zero-order chi connectivity index (χ0) is 19.0. The van der Waals surface area contributed by atoms with Gasteiger partial charge in [0, 0.05) is 18.9 Å². The van der Waals surface area contributed by atoms with E-state index in [-0.39, 0.29) is 43.2 Å². The van der Waals surface area contributed by atoms with Crippen LogP contribution in [0.1, 0.15) is 25.0 Å². The highest BCUT2D eigenvalue weighted by Gasteiger charge is 2.46. The number of allylic oxidation sites excluding steroid dienone is 2. The Balaban J connectivity index is 1.30. The van der Waals surface area contributed by atoms with Crippen LogP contribution in [0.15, 0.2) is 36.7 Å². The molecule has 1 aliphatic carbocycles. The number of fused-ring (bicyclic) bond motifs is 2. The smallest absolute Gasteiger partial charge is 0.307 e. The first-order chi connectivity index (χ1) is 13.0. The van der Waals surface area contributed by atoms with Gasteiger partial charge in [-0.05, 0) is 25.0 Å². The number of hydrogen-bond acceptors (Lipinski definition) is 5. The van der Waals surface area contributed by atoms with Crippen molar-refractivity contribution >= 4 is 35.0 Å². The molecule has 4 rings (SSSR count). The van der Waals surface area contributed by atoms with E-state index in [0.717, 1.165) is 0 Å². The van der Waals surface area contributed by atoms with E-state index < -0.39 is 5.97 Å². The highest BCUT2D eigenvalue weighted by molar-refractivity contribution is 6.30. The summed E-state index contributed by atoms with van der Waals surface area (Å²) in [5.74, 6) is -1.39. The molecule has 0 N–H and O–H groups in total. The van der Waals surface area contributed by atoms with Gasteiger partial charge in [0.05, 0.1) is 29.0 Å². The third kappa shape index (κ3) is 3.47. The zero-order valence-corrected chi connectivity index (χ0v) is 15.3. The van der Waals surface area contributed by atoms with Crippen molar-refractivity contribution < 1.29 is 19.1 Å². The maximum atomic E-state index is 12.4. The van der Waals surface area contributed by atoms with Crippen LogP contribution in [-0.4, -0.2) is 38.6 Å². The summed E-state index contributed by atoms with van der Waals surface area (Å²) in [6.45, 7) is 0.0828. The predicted octanol–water partition coefficient (Wildman–Crippen LogP) is 2.37. The molecule has 0 aromatic carbocycles. The Morgan fingerprint density at radius 2 is 1.85 bits per heavy atom. The molecule has 140 valence electrons. The summed E-state index contributed by atoms with van der Waals surface area (Å²) in [6, 6.07) is 3.50. The molecular weight excluding hydrogens is 370 g/mol. The number of esters is 1. The van der Waals surface area contributed by atoms with E-state index in [2.05, 4.69) is 4.98 Å². The van der Waals surface area contributed by atoms with Crippen molar-refractivity contribution in [2.24, 2.45) is 11.8 Å². The largest absolute Gasteiger partial charge is 0.459 e. The molecule has 1 aliphatic heterocycles. The lowest BCUT2D eigenvalue weighted by molar-refractivity contribution is -0.146. The van der Waals surface area contributed by atoms with Gasteiger partial charge in [-0.1, -0.05) is 23.8 Å². The van der Waals surface area contributed by atoms with Gasteiger partial charge in [-0.2, -0.15) is 0 Å². The van der Waals surface area contributed by atoms with Crippen LogP contribution in [0.2, 0.25) is 5.02 Å². The third-order valence-corrected chi connectivity index (χ3v) is 5.21. The van der Waals surface area contributed by atoms with Gasteiger partial charge < -0.3 is 9.14 Å². The van der Waals surface area contributed by atoms with E-state index in [1.807, 2.05) is 12.2 Å². The number of pyridine rings is 1. The van der Waals surface area contributed by atoms with Gasteiger partial charge in [0.2, 0.25) is 11.8 Å². The average Bonchev–Trinajstić information content (AvgIpc) is 3.17. The van der Waals surface area contributed by atoms with Crippen LogP contribution >= 0.6 is 11.6 Å². The number of halogens is 1. The third-order valence-electron chi connectivity index (χ3n) is 4.98. The molecule has 0 spiro atoms. The summed E-state index contributed by atoms with van der Waals surface area (Å²) in [6.07, 6.45) is 8.48. The van der Waals surface area contributed by atoms with Crippen molar-refractivity contribution in [1.29, 1.82) is 0 Å². The topological polar surface area (TPSA) is 81.0 Å². The Bertz CT molecular complexity index is 926. The lowest BCUT2D eigenvalue weighted by Crippen LogP contribution is -2.33. The molecule has 2 aliphatic rings. The fourth-order valence-electron chi connectivity index (χ4n) is 3.61. The van der Waals surface area contributed by atoms with Gasteiger partial charge in [0.1, 0.15) is 12.3 Å². The lowest BCUT2D eigenvalue weighted by Gasteiger charge is -2.14. The number of nitrogens with zero attached hydrogens (tertiary/aromatic N) is 3. The summed E-state index contributed by atoms with van der Waals surface area (Å²) in [7, 11) is 0. The number of hydrogen-bond donors (Lipinski definition) is 0. The Morgan fingerprint density at radius 1 is 1.15 bits per heavy atom. The molecule has 0 radical (unpaired) electrons. The first-order valence-electron chi connectivity index (χ1n) is 8.82. The molecule has 1 fully saturated rings. The van der Waals surface area contributed by atoms with Crippen LogP contribution in [0.3, 0.4) is 0 Å². The molecule has 2 aromatic heterocycles. The van der Waals surface area contributed by atoms with Crippen LogP contribution in [-0.2, 0) is 25.7 Å². The molecule has 0 saturated carbocycles. The highest BCUT2D eigenvalue weighted by Crippen LogP contribution is 2.35. The van der Waals surface area contributed by atoms with Crippen molar-refractivity contribution in [3.8, 4) is 0 Å². The van der Waals surface area contributed by atoms with E-state index in [1.165, 1.54) is 4.90 Å². The molecule has 0 unspecified atom stereocenters. The van der Waals surface area contributed by atoms with Crippen molar-refractivity contribution in [3.05, 3.63) is 47.4 Å². The monoisotopic (exact) mass is 387 g/mol.